The molecule has 1 aliphatic heterocycles. The maximum Gasteiger partial charge on any atom is 0.195 e. The van der Waals surface area contributed by atoms with E-state index in [4.69, 9.17) is 19.8 Å². The van der Waals surface area contributed by atoms with E-state index in [1.54, 1.807) is 7.11 Å². The Labute approximate surface area is 167 Å². The first-order chi connectivity index (χ1) is 13.4. The molecule has 3 rings (SSSR count). The van der Waals surface area contributed by atoms with E-state index in [0.29, 0.717) is 13.1 Å². The molecule has 1 aromatic rings. The highest BCUT2D eigenvalue weighted by Crippen LogP contribution is 2.45. The van der Waals surface area contributed by atoms with E-state index < -0.39 is 0 Å². The smallest absolute Gasteiger partial charge is 0.195 e. The molecule has 0 bridgehead atoms. The Kier molecular flexibility index (Phi) is 6.25. The van der Waals surface area contributed by atoms with E-state index >= 15 is 0 Å². The predicted octanol–water partition coefficient (Wildman–Crippen LogP) is 1.47. The summed E-state index contributed by atoms with van der Waals surface area (Å²) in [6.07, 6.45) is 5.44. The Morgan fingerprint density at radius 3 is 2.79 bits per heavy atom. The van der Waals surface area contributed by atoms with Gasteiger partial charge in [0, 0.05) is 30.7 Å². The average Bonchev–Trinajstić information content (AvgIpc) is 3.05. The number of aryl methyl sites for hydroxylation is 1. The predicted molar refractivity (Wildman–Crippen MR) is 112 cm³/mol. The maximum atomic E-state index is 8.84. The Hall–Kier alpha value is -2.12. The zero-order valence-corrected chi connectivity index (χ0v) is 17.5. The molecule has 154 valence electrons. The molecule has 7 heteroatoms. The minimum atomic E-state index is -0.0853. The summed E-state index contributed by atoms with van der Waals surface area (Å²) in [6, 6.07) is 3.95. The van der Waals surface area contributed by atoms with Gasteiger partial charge >= 0.3 is 0 Å². The number of nitrogens with one attached hydrogen (secondary N) is 2. The van der Waals surface area contributed by atoms with Gasteiger partial charge in [-0.15, -0.1) is 0 Å². The number of guanidine groups is 1. The van der Waals surface area contributed by atoms with Crippen LogP contribution in [0.4, 0.5) is 0 Å². The van der Waals surface area contributed by atoms with Crippen molar-refractivity contribution < 1.29 is 9.84 Å². The summed E-state index contributed by atoms with van der Waals surface area (Å²) in [5.41, 5.74) is 1.91. The molecule has 1 atom stereocenters. The molecule has 2 aliphatic rings. The Morgan fingerprint density at radius 1 is 1.32 bits per heavy atom. The summed E-state index contributed by atoms with van der Waals surface area (Å²) in [6.45, 7) is 10.4. The van der Waals surface area contributed by atoms with Crippen molar-refractivity contribution >= 4 is 5.96 Å². The third-order valence-corrected chi connectivity index (χ3v) is 5.70. The molecule has 1 aliphatic carbocycles. The number of aliphatic hydroxyl groups is 1. The number of methoxy groups -OCH3 is 1. The zero-order valence-electron chi connectivity index (χ0n) is 17.5. The fourth-order valence-electron chi connectivity index (χ4n) is 3.71. The standard InChI is InChI=1S/C21H33N5O2/c1-16-6-7-18(28-4)17(24-16)14-26-15-21(9-8-20(21,2)3)25-19(26)23-11-5-10-22-12-13-27/h6-9,22,27H,5,10-15H2,1-4H3,(H,23,25). The van der Waals surface area contributed by atoms with Crippen molar-refractivity contribution in [1.82, 2.24) is 20.5 Å². The zero-order chi connectivity index (χ0) is 20.2. The van der Waals surface area contributed by atoms with Gasteiger partial charge in [-0.05, 0) is 32.0 Å². The van der Waals surface area contributed by atoms with Crippen LogP contribution in [0.5, 0.6) is 5.75 Å². The Bertz CT molecular complexity index is 746. The van der Waals surface area contributed by atoms with Gasteiger partial charge in [0.25, 0.3) is 0 Å². The van der Waals surface area contributed by atoms with E-state index in [2.05, 4.69) is 41.5 Å². The van der Waals surface area contributed by atoms with E-state index in [1.807, 2.05) is 19.1 Å². The van der Waals surface area contributed by atoms with Gasteiger partial charge in [0.05, 0.1) is 25.8 Å². The summed E-state index contributed by atoms with van der Waals surface area (Å²) in [5.74, 6) is 1.73. The molecule has 1 unspecified atom stereocenters. The maximum absolute atomic E-state index is 8.84. The van der Waals surface area contributed by atoms with Crippen LogP contribution in [0, 0.1) is 12.3 Å². The van der Waals surface area contributed by atoms with Gasteiger partial charge in [-0.3, -0.25) is 9.98 Å². The molecule has 0 saturated carbocycles. The number of nitrogens with zero attached hydrogens (tertiary/aromatic N) is 3. The van der Waals surface area contributed by atoms with E-state index in [9.17, 15) is 0 Å². The van der Waals surface area contributed by atoms with Gasteiger partial charge in [0.1, 0.15) is 11.4 Å². The van der Waals surface area contributed by atoms with Gasteiger partial charge in [-0.25, -0.2) is 0 Å². The summed E-state index contributed by atoms with van der Waals surface area (Å²) in [7, 11) is 1.69. The number of hydrogen-bond donors (Lipinski definition) is 3. The normalized spacial score (nSPS) is 23.9. The van der Waals surface area contributed by atoms with Gasteiger partial charge in [-0.1, -0.05) is 26.0 Å². The molecular weight excluding hydrogens is 354 g/mol. The fraction of sp³-hybridized carbons (Fsp3) is 0.619. The van der Waals surface area contributed by atoms with Crippen LogP contribution in [0.15, 0.2) is 29.3 Å². The van der Waals surface area contributed by atoms with Crippen molar-refractivity contribution in [2.24, 2.45) is 10.4 Å². The molecule has 0 amide bonds. The van der Waals surface area contributed by atoms with Crippen LogP contribution in [0.25, 0.3) is 0 Å². The first kappa shape index (κ1) is 20.6. The van der Waals surface area contributed by atoms with Crippen molar-refractivity contribution in [3.05, 3.63) is 35.7 Å². The monoisotopic (exact) mass is 387 g/mol. The third kappa shape index (κ3) is 4.15. The minimum Gasteiger partial charge on any atom is -0.495 e. The second kappa shape index (κ2) is 8.49. The first-order valence-corrected chi connectivity index (χ1v) is 10.0. The summed E-state index contributed by atoms with van der Waals surface area (Å²) < 4.78 is 5.52. The molecule has 28 heavy (non-hydrogen) atoms. The average molecular weight is 388 g/mol. The quantitative estimate of drug-likeness (QED) is 0.440. The van der Waals surface area contributed by atoms with Crippen molar-refractivity contribution in [3.63, 3.8) is 0 Å². The molecule has 0 aromatic carbocycles. The van der Waals surface area contributed by atoms with Crippen LogP contribution >= 0.6 is 0 Å². The lowest BCUT2D eigenvalue weighted by molar-refractivity contribution is 0.205. The van der Waals surface area contributed by atoms with E-state index in [-0.39, 0.29) is 17.6 Å². The number of aliphatic imine (C=N–C) groups is 1. The molecule has 7 nitrogen and oxygen atoms in total. The van der Waals surface area contributed by atoms with Crippen LogP contribution < -0.4 is 15.4 Å². The fourth-order valence-corrected chi connectivity index (χ4v) is 3.71. The second-order valence-corrected chi connectivity index (χ2v) is 8.14. The van der Waals surface area contributed by atoms with Gasteiger partial charge in [0.15, 0.2) is 5.96 Å². The van der Waals surface area contributed by atoms with Gasteiger partial charge in [0.2, 0.25) is 0 Å². The summed E-state index contributed by atoms with van der Waals surface area (Å²) in [4.78, 5) is 11.8. The lowest BCUT2D eigenvalue weighted by Gasteiger charge is -2.47. The molecule has 1 aromatic heterocycles. The van der Waals surface area contributed by atoms with Gasteiger partial charge in [-0.2, -0.15) is 0 Å². The number of pyridine rings is 1. The van der Waals surface area contributed by atoms with Crippen LogP contribution in [0.2, 0.25) is 0 Å². The molecule has 1 spiro atoms. The minimum absolute atomic E-state index is 0.0787. The van der Waals surface area contributed by atoms with Crippen LogP contribution in [-0.4, -0.2) is 66.4 Å². The van der Waals surface area contributed by atoms with E-state index in [1.165, 1.54) is 0 Å². The SMILES string of the molecule is COc1ccc(C)nc1CN1CC2(C=CC2(C)C)NC1=NCCCNCCO. The highest BCUT2D eigenvalue weighted by Gasteiger charge is 2.53. The van der Waals surface area contributed by atoms with Crippen LogP contribution in [0.3, 0.4) is 0 Å². The molecule has 1 saturated heterocycles. The largest absolute Gasteiger partial charge is 0.495 e. The summed E-state index contributed by atoms with van der Waals surface area (Å²) in [5, 5.41) is 15.7. The van der Waals surface area contributed by atoms with Crippen molar-refractivity contribution in [3.8, 4) is 5.75 Å². The molecule has 1 fully saturated rings. The van der Waals surface area contributed by atoms with E-state index in [0.717, 1.165) is 49.2 Å². The molecule has 0 radical (unpaired) electrons. The highest BCUT2D eigenvalue weighted by atomic mass is 16.5. The topological polar surface area (TPSA) is 82.0 Å². The lowest BCUT2D eigenvalue weighted by Crippen LogP contribution is -2.58. The van der Waals surface area contributed by atoms with Crippen molar-refractivity contribution in [2.75, 3.05) is 39.9 Å². The molecule has 2 heterocycles. The molecular formula is C21H33N5O2. The lowest BCUT2D eigenvalue weighted by atomic mass is 9.64. The Morgan fingerprint density at radius 2 is 2.14 bits per heavy atom. The second-order valence-electron chi connectivity index (χ2n) is 8.14. The van der Waals surface area contributed by atoms with Crippen molar-refractivity contribution in [1.29, 1.82) is 0 Å². The van der Waals surface area contributed by atoms with Crippen LogP contribution in [-0.2, 0) is 6.54 Å². The van der Waals surface area contributed by atoms with Crippen LogP contribution in [0.1, 0.15) is 31.7 Å². The Balaban J connectivity index is 1.74. The number of aromatic nitrogens is 1. The number of rotatable bonds is 9. The number of ether oxygens (including phenoxy) is 1. The number of hydrogen-bond acceptors (Lipinski definition) is 5. The van der Waals surface area contributed by atoms with Gasteiger partial charge < -0.3 is 25.4 Å². The first-order valence-electron chi connectivity index (χ1n) is 10.0. The molecule has 3 N–H and O–H groups in total. The number of aliphatic hydroxyl groups excluding tert-OH is 1. The van der Waals surface area contributed by atoms with Crippen molar-refractivity contribution in [2.45, 2.75) is 39.3 Å². The highest BCUT2D eigenvalue weighted by molar-refractivity contribution is 5.84. The summed E-state index contributed by atoms with van der Waals surface area (Å²) >= 11 is 0. The third-order valence-electron chi connectivity index (χ3n) is 5.70.